The molecule has 1 unspecified atom stereocenters. The highest BCUT2D eigenvalue weighted by Gasteiger charge is 2.45. The Hall–Kier alpha value is -7.14. The third-order valence-electron chi connectivity index (χ3n) is 12.4. The summed E-state index contributed by atoms with van der Waals surface area (Å²) in [6, 6.07) is 8.27. The summed E-state index contributed by atoms with van der Waals surface area (Å²) in [5.74, 6) is -2.42. The molecule has 362 valence electrons. The molecule has 4 aliphatic rings. The Labute approximate surface area is 395 Å². The van der Waals surface area contributed by atoms with Gasteiger partial charge in [-0.05, 0) is 49.6 Å². The fraction of sp³-hybridized carbons (Fsp3) is 0.426. The number of nitrogens with one attached hydrogen (secondary N) is 5. The van der Waals surface area contributed by atoms with E-state index in [9.17, 15) is 28.8 Å². The average Bonchev–Trinajstić information content (AvgIpc) is 3.77. The van der Waals surface area contributed by atoms with Gasteiger partial charge in [0.15, 0.2) is 11.5 Å². The van der Waals surface area contributed by atoms with Crippen molar-refractivity contribution in [1.29, 1.82) is 0 Å². The van der Waals surface area contributed by atoms with Gasteiger partial charge in [-0.2, -0.15) is 5.10 Å². The number of fused-ring (bicyclic) bond motifs is 2. The van der Waals surface area contributed by atoms with E-state index < -0.39 is 35.5 Å². The van der Waals surface area contributed by atoms with Gasteiger partial charge < -0.3 is 35.1 Å². The lowest BCUT2D eigenvalue weighted by atomic mass is 10.0. The van der Waals surface area contributed by atoms with Crippen LogP contribution in [-0.4, -0.2) is 166 Å². The molecule has 22 heteroatoms. The molecule has 2 saturated heterocycles. The minimum absolute atomic E-state index is 0.0472. The molecule has 1 aliphatic carbocycles. The number of hydrogen-bond acceptors (Lipinski definition) is 15. The second-order valence-corrected chi connectivity index (χ2v) is 17.1. The summed E-state index contributed by atoms with van der Waals surface area (Å²) < 4.78 is 34.2. The number of benzene rings is 2. The number of halogens is 1. The van der Waals surface area contributed by atoms with Crippen LogP contribution in [0, 0.1) is 5.82 Å². The van der Waals surface area contributed by atoms with Crippen LogP contribution in [-0.2, 0) is 28.6 Å². The number of aromatic nitrogens is 5. The largest absolute Gasteiger partial charge is 0.382 e. The summed E-state index contributed by atoms with van der Waals surface area (Å²) in [7, 11) is 0. The molecule has 3 aliphatic heterocycles. The first-order chi connectivity index (χ1) is 33.6. The molecule has 2 aromatic carbocycles. The highest BCUT2D eigenvalue weighted by Crippen LogP contribution is 2.41. The Morgan fingerprint density at radius 2 is 1.64 bits per heavy atom. The Balaban J connectivity index is 0.607. The van der Waals surface area contributed by atoms with Gasteiger partial charge in [-0.15, -0.1) is 0 Å². The number of hydrogen-bond donors (Lipinski definition) is 5. The van der Waals surface area contributed by atoms with Crippen LogP contribution >= 0.6 is 0 Å². The maximum Gasteiger partial charge on any atom is 0.264 e. The third-order valence-corrected chi connectivity index (χ3v) is 12.4. The van der Waals surface area contributed by atoms with E-state index in [1.807, 2.05) is 10.6 Å². The molecule has 0 spiro atoms. The van der Waals surface area contributed by atoms with E-state index in [1.54, 1.807) is 47.8 Å². The molecule has 1 atom stereocenters. The average molecular weight is 949 g/mol. The molecule has 0 radical (unpaired) electrons. The molecule has 1 saturated carbocycles. The fourth-order valence-corrected chi connectivity index (χ4v) is 8.57. The van der Waals surface area contributed by atoms with Crippen molar-refractivity contribution in [2.75, 3.05) is 96.1 Å². The van der Waals surface area contributed by atoms with Gasteiger partial charge >= 0.3 is 0 Å². The molecular weight excluding hydrogens is 896 g/mol. The van der Waals surface area contributed by atoms with E-state index in [1.165, 1.54) is 12.1 Å². The van der Waals surface area contributed by atoms with Crippen LogP contribution in [0.25, 0.3) is 16.9 Å². The number of aromatic amines is 1. The number of ether oxygens (including phenoxy) is 3. The molecule has 21 nitrogen and oxygen atoms in total. The number of piperidine rings is 1. The zero-order chi connectivity index (χ0) is 47.9. The maximum atomic E-state index is 15.6. The Kier molecular flexibility index (Phi) is 14.6. The lowest BCUT2D eigenvalue weighted by Crippen LogP contribution is -2.54. The lowest BCUT2D eigenvalue weighted by Gasteiger charge is -2.34. The van der Waals surface area contributed by atoms with Crippen molar-refractivity contribution in [2.45, 2.75) is 44.1 Å². The Morgan fingerprint density at radius 1 is 0.855 bits per heavy atom. The number of imidazole rings is 1. The number of carbonyl (C=O) groups is 6. The monoisotopic (exact) mass is 948 g/mol. The first-order valence-corrected chi connectivity index (χ1v) is 23.2. The quantitative estimate of drug-likeness (QED) is 0.0495. The molecule has 5 aromatic rings. The van der Waals surface area contributed by atoms with Crippen molar-refractivity contribution in [3.05, 3.63) is 89.4 Å². The van der Waals surface area contributed by atoms with Crippen LogP contribution in [0.5, 0.6) is 0 Å². The van der Waals surface area contributed by atoms with Crippen molar-refractivity contribution < 1.29 is 47.4 Å². The predicted molar refractivity (Wildman–Crippen MR) is 246 cm³/mol. The van der Waals surface area contributed by atoms with E-state index in [-0.39, 0.29) is 60.1 Å². The van der Waals surface area contributed by atoms with Gasteiger partial charge in [0.05, 0.1) is 80.2 Å². The van der Waals surface area contributed by atoms with Gasteiger partial charge in [0, 0.05) is 93.8 Å². The molecule has 6 amide bonds. The molecule has 3 aromatic heterocycles. The van der Waals surface area contributed by atoms with Crippen molar-refractivity contribution in [3.63, 3.8) is 0 Å². The Morgan fingerprint density at radius 3 is 2.38 bits per heavy atom. The maximum absolute atomic E-state index is 15.6. The van der Waals surface area contributed by atoms with Crippen molar-refractivity contribution >= 4 is 58.3 Å². The zero-order valence-electron chi connectivity index (χ0n) is 37.8. The number of anilines is 3. The van der Waals surface area contributed by atoms with Crippen LogP contribution < -0.4 is 21.3 Å². The summed E-state index contributed by atoms with van der Waals surface area (Å²) in [5, 5.41) is 18.2. The smallest absolute Gasteiger partial charge is 0.264 e. The number of carbonyl (C=O) groups excluding carboxylic acids is 6. The van der Waals surface area contributed by atoms with Gasteiger partial charge in [-0.1, -0.05) is 6.07 Å². The second-order valence-electron chi connectivity index (χ2n) is 17.1. The Bertz CT molecular complexity index is 2720. The van der Waals surface area contributed by atoms with Crippen LogP contribution in [0.2, 0.25) is 0 Å². The minimum Gasteiger partial charge on any atom is -0.382 e. The van der Waals surface area contributed by atoms with Crippen molar-refractivity contribution in [2.24, 2.45) is 0 Å². The topological polar surface area (TPSA) is 247 Å². The second kappa shape index (κ2) is 21.4. The van der Waals surface area contributed by atoms with Gasteiger partial charge in [-0.3, -0.25) is 53.4 Å². The van der Waals surface area contributed by atoms with E-state index in [0.29, 0.717) is 102 Å². The minimum atomic E-state index is -1.03. The van der Waals surface area contributed by atoms with Gasteiger partial charge in [0.1, 0.15) is 11.9 Å². The van der Waals surface area contributed by atoms with Crippen LogP contribution in [0.1, 0.15) is 74.8 Å². The van der Waals surface area contributed by atoms with Gasteiger partial charge in [0.25, 0.3) is 17.7 Å². The van der Waals surface area contributed by atoms with Crippen LogP contribution in [0.3, 0.4) is 0 Å². The number of H-pyrrole nitrogens is 1. The standard InChI is InChI=1S/C47H53FN12O9/c48-33-24-30(6-7-34(33)54-42-43-51-27-38(31-25-52-53-26-31)59(43)28-36(55-42)29-4-5-29)45(64)58-16-14-57(15-17-58)13-11-50-39(61)10-18-67-20-22-69-23-21-68-19-12-49-35-3-1-2-32-41(35)47(66)60(46(32)65)37-8-9-40(62)56-44(37)63/h1-3,6-7,24-29,37,49H,4-5,8-23H2,(H,50,61)(H,52,53)(H,54,55)(H,56,62,63). The molecule has 3 fully saturated rings. The molecule has 6 heterocycles. The van der Waals surface area contributed by atoms with E-state index in [4.69, 9.17) is 19.2 Å². The number of rotatable bonds is 22. The fourth-order valence-electron chi connectivity index (χ4n) is 8.57. The SMILES string of the molecule is O=C(CCOCCOCCOCCNc1cccc2c1C(=O)N(C1CCC(=O)NC1=O)C2=O)NCCN1CCN(C(=O)c2ccc(Nc3nc(C4CC4)cn4c(-c5cn[nH]c5)cnc34)c(F)c2)CC1. The zero-order valence-corrected chi connectivity index (χ0v) is 37.8. The summed E-state index contributed by atoms with van der Waals surface area (Å²) in [6.45, 7) is 5.42. The number of piperazine rings is 1. The molecule has 5 N–H and O–H groups in total. The number of amides is 6. The summed E-state index contributed by atoms with van der Waals surface area (Å²) in [6.07, 6.45) is 9.64. The first kappa shape index (κ1) is 46.9. The summed E-state index contributed by atoms with van der Waals surface area (Å²) >= 11 is 0. The van der Waals surface area contributed by atoms with Crippen LogP contribution in [0.15, 0.2) is 61.2 Å². The number of imide groups is 2. The van der Waals surface area contributed by atoms with E-state index in [0.717, 1.165) is 34.7 Å². The van der Waals surface area contributed by atoms with Gasteiger partial charge in [0.2, 0.25) is 17.7 Å². The van der Waals surface area contributed by atoms with Crippen LogP contribution in [0.4, 0.5) is 21.6 Å². The highest BCUT2D eigenvalue weighted by molar-refractivity contribution is 6.25. The normalized spacial score (nSPS) is 17.4. The lowest BCUT2D eigenvalue weighted by molar-refractivity contribution is -0.136. The molecular formula is C47H53FN12O9. The van der Waals surface area contributed by atoms with Crippen molar-refractivity contribution in [3.8, 4) is 11.3 Å². The first-order valence-electron chi connectivity index (χ1n) is 23.2. The van der Waals surface area contributed by atoms with Crippen molar-refractivity contribution in [1.82, 2.24) is 49.9 Å². The molecule has 9 rings (SSSR count). The summed E-state index contributed by atoms with van der Waals surface area (Å²) in [5.41, 5.74) is 4.44. The molecule has 69 heavy (non-hydrogen) atoms. The summed E-state index contributed by atoms with van der Waals surface area (Å²) in [4.78, 5) is 90.2. The van der Waals surface area contributed by atoms with Gasteiger partial charge in [-0.25, -0.2) is 14.4 Å². The highest BCUT2D eigenvalue weighted by atomic mass is 19.1. The number of nitrogens with zero attached hydrogens (tertiary/aromatic N) is 7. The van der Waals surface area contributed by atoms with E-state index >= 15 is 4.39 Å². The van der Waals surface area contributed by atoms with E-state index in [2.05, 4.69) is 41.3 Å². The predicted octanol–water partition coefficient (Wildman–Crippen LogP) is 2.71. The molecule has 0 bridgehead atoms. The third kappa shape index (κ3) is 10.9.